The van der Waals surface area contributed by atoms with Crippen LogP contribution in [0, 0.1) is 29.3 Å². The summed E-state index contributed by atoms with van der Waals surface area (Å²) < 4.78 is 42.3. The Morgan fingerprint density at radius 1 is 0.719 bits per heavy atom. The van der Waals surface area contributed by atoms with Crippen LogP contribution >= 0.6 is 11.6 Å². The molecule has 0 heterocycles. The van der Waals surface area contributed by atoms with E-state index >= 15 is 4.39 Å². The molecule has 0 fully saturated rings. The maximum atomic E-state index is 15.0. The van der Waals surface area contributed by atoms with Gasteiger partial charge < -0.3 is 0 Å². The number of fused-ring (bicyclic) bond motifs is 1. The fourth-order valence-electron chi connectivity index (χ4n) is 3.61. The van der Waals surface area contributed by atoms with Crippen molar-refractivity contribution in [1.82, 2.24) is 0 Å². The predicted molar refractivity (Wildman–Crippen MR) is 124 cm³/mol. The fraction of sp³-hybridized carbons (Fsp3) is 0.143. The summed E-state index contributed by atoms with van der Waals surface area (Å²) in [5, 5.41) is 0.722. The smallest absolute Gasteiger partial charge is 0.145 e. The van der Waals surface area contributed by atoms with E-state index < -0.39 is 16.7 Å². The van der Waals surface area contributed by atoms with Crippen molar-refractivity contribution in [2.24, 2.45) is 0 Å². The second-order valence-corrected chi connectivity index (χ2v) is 8.03. The highest BCUT2D eigenvalue weighted by Crippen LogP contribution is 2.25. The van der Waals surface area contributed by atoms with E-state index in [0.29, 0.717) is 29.4 Å². The Morgan fingerprint density at radius 3 is 2.06 bits per heavy atom. The quantitative estimate of drug-likeness (QED) is 0.222. The summed E-state index contributed by atoms with van der Waals surface area (Å²) in [5.74, 6) is 4.33. The molecule has 0 aliphatic rings. The molecular weight excluding hydrogens is 429 g/mol. The Balaban J connectivity index is 1.54. The van der Waals surface area contributed by atoms with E-state index in [9.17, 15) is 8.78 Å². The first-order chi connectivity index (χ1) is 15.4. The van der Waals surface area contributed by atoms with Crippen molar-refractivity contribution in [2.45, 2.75) is 26.2 Å². The number of rotatable bonds is 4. The third-order valence-corrected chi connectivity index (χ3v) is 5.84. The molecule has 4 aromatic carbocycles. The van der Waals surface area contributed by atoms with Crippen LogP contribution in [0.5, 0.6) is 0 Å². The summed E-state index contributed by atoms with van der Waals surface area (Å²) in [6, 6.07) is 19.4. The van der Waals surface area contributed by atoms with Gasteiger partial charge in [0.25, 0.3) is 0 Å². The molecule has 0 unspecified atom stereocenters. The van der Waals surface area contributed by atoms with E-state index in [-0.39, 0.29) is 5.82 Å². The van der Waals surface area contributed by atoms with Crippen LogP contribution in [0.15, 0.2) is 66.7 Å². The van der Waals surface area contributed by atoms with Crippen molar-refractivity contribution < 1.29 is 13.2 Å². The summed E-state index contributed by atoms with van der Waals surface area (Å²) in [6.45, 7) is 2.11. The first-order valence-electron chi connectivity index (χ1n) is 10.4. The normalized spacial score (nSPS) is 10.8. The molecule has 0 saturated carbocycles. The maximum absolute atomic E-state index is 15.0. The van der Waals surface area contributed by atoms with Gasteiger partial charge in [0.05, 0.1) is 0 Å². The van der Waals surface area contributed by atoms with Crippen molar-refractivity contribution in [3.8, 4) is 11.8 Å². The lowest BCUT2D eigenvalue weighted by atomic mass is 9.99. The highest BCUT2D eigenvalue weighted by atomic mass is 35.5. The Morgan fingerprint density at radius 2 is 1.38 bits per heavy atom. The van der Waals surface area contributed by atoms with Crippen molar-refractivity contribution in [3.05, 3.63) is 117 Å². The molecule has 0 spiro atoms. The molecule has 0 aliphatic carbocycles. The summed E-state index contributed by atoms with van der Waals surface area (Å²) in [7, 11) is 0. The summed E-state index contributed by atoms with van der Waals surface area (Å²) in [5.41, 5.74) is 3.92. The minimum absolute atomic E-state index is 0.299. The van der Waals surface area contributed by atoms with Gasteiger partial charge in [0.2, 0.25) is 0 Å². The van der Waals surface area contributed by atoms with Gasteiger partial charge in [-0.2, -0.15) is 0 Å². The average molecular weight is 449 g/mol. The van der Waals surface area contributed by atoms with Gasteiger partial charge in [-0.1, -0.05) is 60.7 Å². The standard InChI is InChI=1S/C28H20ClF3/c1-2-18-3-5-19(6-4-18)7-8-20-10-14-24-23(15-20)13-12-22(28(24)32)11-9-21-16-25(30)27(29)26(31)17-21/h3-6,10,12-17H,2,9,11H2,1H3. The lowest BCUT2D eigenvalue weighted by molar-refractivity contribution is 0.579. The third kappa shape index (κ3) is 4.82. The van der Waals surface area contributed by atoms with Crippen molar-refractivity contribution in [1.29, 1.82) is 0 Å². The highest BCUT2D eigenvalue weighted by Gasteiger charge is 2.11. The van der Waals surface area contributed by atoms with Crippen molar-refractivity contribution in [2.75, 3.05) is 0 Å². The van der Waals surface area contributed by atoms with E-state index in [1.54, 1.807) is 18.2 Å². The zero-order chi connectivity index (χ0) is 22.7. The Hall–Kier alpha value is -3.22. The monoisotopic (exact) mass is 448 g/mol. The number of hydrogen-bond donors (Lipinski definition) is 0. The first-order valence-corrected chi connectivity index (χ1v) is 10.8. The molecule has 32 heavy (non-hydrogen) atoms. The van der Waals surface area contributed by atoms with E-state index in [1.165, 1.54) is 17.7 Å². The van der Waals surface area contributed by atoms with E-state index in [1.807, 2.05) is 24.3 Å². The minimum Gasteiger partial charge on any atom is -0.206 e. The fourth-order valence-corrected chi connectivity index (χ4v) is 3.72. The van der Waals surface area contributed by atoms with E-state index in [0.717, 1.165) is 22.9 Å². The van der Waals surface area contributed by atoms with Crippen LogP contribution < -0.4 is 0 Å². The van der Waals surface area contributed by atoms with Crippen LogP contribution in [0.2, 0.25) is 5.02 Å². The van der Waals surface area contributed by atoms with Gasteiger partial charge in [-0.3, -0.25) is 0 Å². The van der Waals surface area contributed by atoms with E-state index in [2.05, 4.69) is 30.9 Å². The summed E-state index contributed by atoms with van der Waals surface area (Å²) >= 11 is 5.52. The molecule has 0 N–H and O–H groups in total. The molecule has 160 valence electrons. The predicted octanol–water partition coefficient (Wildman–Crippen LogP) is 7.66. The van der Waals surface area contributed by atoms with Gasteiger partial charge in [-0.05, 0) is 77.7 Å². The van der Waals surface area contributed by atoms with Crippen LogP contribution in [0.25, 0.3) is 10.8 Å². The summed E-state index contributed by atoms with van der Waals surface area (Å²) in [4.78, 5) is 0. The molecule has 4 heteroatoms. The van der Waals surface area contributed by atoms with Crippen LogP contribution in [0.1, 0.15) is 34.7 Å². The van der Waals surface area contributed by atoms with Crippen molar-refractivity contribution in [3.63, 3.8) is 0 Å². The van der Waals surface area contributed by atoms with Gasteiger partial charge in [0.15, 0.2) is 0 Å². The number of hydrogen-bond acceptors (Lipinski definition) is 0. The largest absolute Gasteiger partial charge is 0.206 e. The molecule has 0 radical (unpaired) electrons. The first kappa shape index (κ1) is 22.0. The van der Waals surface area contributed by atoms with Gasteiger partial charge in [0, 0.05) is 16.5 Å². The Bertz CT molecular complexity index is 1320. The Kier molecular flexibility index (Phi) is 6.53. The Labute approximate surface area is 190 Å². The van der Waals surface area contributed by atoms with Gasteiger partial charge >= 0.3 is 0 Å². The molecular formula is C28H20ClF3. The topological polar surface area (TPSA) is 0 Å². The molecule has 0 nitrogen and oxygen atoms in total. The number of aryl methyl sites for hydroxylation is 3. The maximum Gasteiger partial charge on any atom is 0.145 e. The van der Waals surface area contributed by atoms with E-state index in [4.69, 9.17) is 11.6 Å². The minimum atomic E-state index is -0.810. The van der Waals surface area contributed by atoms with Crippen LogP contribution in [-0.2, 0) is 19.3 Å². The number of halogens is 4. The number of benzene rings is 4. The summed E-state index contributed by atoms with van der Waals surface area (Å²) in [6.07, 6.45) is 1.60. The SMILES string of the molecule is CCc1ccc(C#Cc2ccc3c(F)c(CCc4cc(F)c(Cl)c(F)c4)ccc3c2)cc1. The molecule has 0 saturated heterocycles. The van der Waals surface area contributed by atoms with Crippen molar-refractivity contribution >= 4 is 22.4 Å². The second kappa shape index (κ2) is 9.51. The van der Waals surface area contributed by atoms with Crippen LogP contribution in [0.3, 0.4) is 0 Å². The lowest BCUT2D eigenvalue weighted by Gasteiger charge is -2.08. The van der Waals surface area contributed by atoms with Gasteiger partial charge in [-0.15, -0.1) is 0 Å². The molecule has 4 aromatic rings. The zero-order valence-electron chi connectivity index (χ0n) is 17.5. The molecule has 0 aromatic heterocycles. The van der Waals surface area contributed by atoms with Gasteiger partial charge in [0.1, 0.15) is 22.5 Å². The van der Waals surface area contributed by atoms with Gasteiger partial charge in [-0.25, -0.2) is 13.2 Å². The lowest BCUT2D eigenvalue weighted by Crippen LogP contribution is -1.98. The average Bonchev–Trinajstić information content (AvgIpc) is 2.81. The molecule has 0 amide bonds. The van der Waals surface area contributed by atoms with Crippen LogP contribution in [0.4, 0.5) is 13.2 Å². The molecule has 0 aliphatic heterocycles. The third-order valence-electron chi connectivity index (χ3n) is 5.47. The molecule has 0 atom stereocenters. The molecule has 0 bridgehead atoms. The van der Waals surface area contributed by atoms with Crippen LogP contribution in [-0.4, -0.2) is 0 Å². The highest BCUT2D eigenvalue weighted by molar-refractivity contribution is 6.30. The molecule has 4 rings (SSSR count). The zero-order valence-corrected chi connectivity index (χ0v) is 18.2. The second-order valence-electron chi connectivity index (χ2n) is 7.65.